The molecular formula is C12H12BrF3N2O2. The van der Waals surface area contributed by atoms with Crippen LogP contribution in [0.25, 0.3) is 0 Å². The molecule has 1 aromatic rings. The summed E-state index contributed by atoms with van der Waals surface area (Å²) in [5.41, 5.74) is -0.0395. The van der Waals surface area contributed by atoms with E-state index >= 15 is 0 Å². The van der Waals surface area contributed by atoms with E-state index in [9.17, 15) is 18.0 Å². The summed E-state index contributed by atoms with van der Waals surface area (Å²) in [6, 6.07) is 3.56. The van der Waals surface area contributed by atoms with Gasteiger partial charge in [0.2, 0.25) is 0 Å². The second-order valence-electron chi connectivity index (χ2n) is 4.41. The highest BCUT2D eigenvalue weighted by Gasteiger charge is 2.32. The molecule has 20 heavy (non-hydrogen) atoms. The number of ether oxygens (including phenoxy) is 1. The van der Waals surface area contributed by atoms with Gasteiger partial charge in [-0.2, -0.15) is 0 Å². The average Bonchev–Trinajstić information content (AvgIpc) is 2.25. The minimum atomic E-state index is -4.82. The van der Waals surface area contributed by atoms with Crippen LogP contribution < -0.4 is 15.4 Å². The van der Waals surface area contributed by atoms with Crippen molar-refractivity contribution in [2.75, 3.05) is 5.32 Å². The Balaban J connectivity index is 2.07. The lowest BCUT2D eigenvalue weighted by Crippen LogP contribution is -2.41. The Kier molecular flexibility index (Phi) is 4.42. The number of urea groups is 1. The smallest absolute Gasteiger partial charge is 0.404 e. The molecule has 0 heterocycles. The van der Waals surface area contributed by atoms with Gasteiger partial charge in [-0.25, -0.2) is 4.79 Å². The zero-order valence-electron chi connectivity index (χ0n) is 10.3. The van der Waals surface area contributed by atoms with Gasteiger partial charge in [0.25, 0.3) is 0 Å². The molecule has 2 rings (SSSR count). The number of benzene rings is 1. The fraction of sp³-hybridized carbons (Fsp3) is 0.417. The van der Waals surface area contributed by atoms with Crippen LogP contribution >= 0.6 is 15.9 Å². The summed E-state index contributed by atoms with van der Waals surface area (Å²) in [7, 11) is 0. The molecule has 2 amide bonds. The second-order valence-corrected chi connectivity index (χ2v) is 5.33. The summed E-state index contributed by atoms with van der Waals surface area (Å²) >= 11 is 3.06. The molecule has 0 atom stereocenters. The highest BCUT2D eigenvalue weighted by Crippen LogP contribution is 2.33. The van der Waals surface area contributed by atoms with Gasteiger partial charge in [-0.3, -0.25) is 0 Å². The highest BCUT2D eigenvalue weighted by atomic mass is 79.9. The Labute approximate surface area is 121 Å². The summed E-state index contributed by atoms with van der Waals surface area (Å²) in [5, 5.41) is 5.03. The molecule has 0 bridgehead atoms. The summed E-state index contributed by atoms with van der Waals surface area (Å²) < 4.78 is 41.2. The van der Waals surface area contributed by atoms with Crippen molar-refractivity contribution in [3.8, 4) is 5.75 Å². The largest absolute Gasteiger partial charge is 0.573 e. The van der Waals surface area contributed by atoms with Gasteiger partial charge < -0.3 is 15.4 Å². The molecule has 1 aliphatic carbocycles. The predicted molar refractivity (Wildman–Crippen MR) is 70.6 cm³/mol. The maximum Gasteiger partial charge on any atom is 0.573 e. The summed E-state index contributed by atoms with van der Waals surface area (Å²) in [4.78, 5) is 11.6. The number of hydrogen-bond acceptors (Lipinski definition) is 2. The molecule has 2 N–H and O–H groups in total. The van der Waals surface area contributed by atoms with E-state index in [-0.39, 0.29) is 11.7 Å². The number of carbonyl (C=O) groups excluding carboxylic acids is 1. The molecule has 1 fully saturated rings. The topological polar surface area (TPSA) is 50.4 Å². The number of anilines is 1. The van der Waals surface area contributed by atoms with Crippen molar-refractivity contribution < 1.29 is 22.7 Å². The zero-order chi connectivity index (χ0) is 14.8. The molecule has 4 nitrogen and oxygen atoms in total. The van der Waals surface area contributed by atoms with Gasteiger partial charge >= 0.3 is 12.4 Å². The maximum absolute atomic E-state index is 12.3. The molecule has 1 saturated carbocycles. The lowest BCUT2D eigenvalue weighted by Gasteiger charge is -2.26. The summed E-state index contributed by atoms with van der Waals surface area (Å²) in [6.07, 6.45) is -1.99. The maximum atomic E-state index is 12.3. The number of amides is 2. The lowest BCUT2D eigenvalue weighted by molar-refractivity contribution is -0.274. The number of rotatable bonds is 3. The van der Waals surface area contributed by atoms with E-state index in [0.717, 1.165) is 25.3 Å². The molecule has 1 aromatic carbocycles. The molecule has 0 saturated heterocycles. The summed E-state index contributed by atoms with van der Waals surface area (Å²) in [6.45, 7) is 0. The van der Waals surface area contributed by atoms with Crippen LogP contribution in [0.2, 0.25) is 0 Å². The third kappa shape index (κ3) is 4.29. The van der Waals surface area contributed by atoms with Gasteiger partial charge in [-0.05, 0) is 37.5 Å². The van der Waals surface area contributed by atoms with Gasteiger partial charge in [-0.1, -0.05) is 15.9 Å². The quantitative estimate of drug-likeness (QED) is 0.862. The van der Waals surface area contributed by atoms with E-state index < -0.39 is 18.1 Å². The van der Waals surface area contributed by atoms with Crippen LogP contribution in [-0.4, -0.2) is 18.4 Å². The monoisotopic (exact) mass is 352 g/mol. The van der Waals surface area contributed by atoms with Crippen LogP contribution in [0.5, 0.6) is 5.75 Å². The number of nitrogens with one attached hydrogen (secondary N) is 2. The highest BCUT2D eigenvalue weighted by molar-refractivity contribution is 9.10. The molecule has 8 heteroatoms. The normalized spacial score (nSPS) is 15.4. The van der Waals surface area contributed by atoms with E-state index in [0.29, 0.717) is 4.47 Å². The van der Waals surface area contributed by atoms with Gasteiger partial charge in [0, 0.05) is 10.5 Å². The van der Waals surface area contributed by atoms with Gasteiger partial charge in [0.1, 0.15) is 0 Å². The summed E-state index contributed by atoms with van der Waals surface area (Å²) in [5.74, 6) is -0.462. The first-order chi connectivity index (χ1) is 9.33. The van der Waals surface area contributed by atoms with Crippen LogP contribution in [-0.2, 0) is 0 Å². The zero-order valence-corrected chi connectivity index (χ0v) is 11.8. The van der Waals surface area contributed by atoms with Crippen molar-refractivity contribution in [3.63, 3.8) is 0 Å². The Bertz CT molecular complexity index is 504. The van der Waals surface area contributed by atoms with E-state index in [2.05, 4.69) is 31.3 Å². The van der Waals surface area contributed by atoms with Crippen molar-refractivity contribution in [1.29, 1.82) is 0 Å². The molecule has 110 valence electrons. The molecule has 0 radical (unpaired) electrons. The van der Waals surface area contributed by atoms with E-state index in [1.54, 1.807) is 0 Å². The van der Waals surface area contributed by atoms with E-state index in [1.165, 1.54) is 12.1 Å². The van der Waals surface area contributed by atoms with Gasteiger partial charge in [0.15, 0.2) is 5.75 Å². The van der Waals surface area contributed by atoms with Gasteiger partial charge in [0.05, 0.1) is 5.69 Å². The minimum Gasteiger partial charge on any atom is -0.404 e. The van der Waals surface area contributed by atoms with Gasteiger partial charge in [-0.15, -0.1) is 13.2 Å². The molecule has 0 unspecified atom stereocenters. The van der Waals surface area contributed by atoms with Crippen molar-refractivity contribution in [3.05, 3.63) is 22.7 Å². The molecule has 0 aliphatic heterocycles. The fourth-order valence-electron chi connectivity index (χ4n) is 1.70. The second kappa shape index (κ2) is 5.90. The minimum absolute atomic E-state index is 0.0395. The molecule has 0 aromatic heterocycles. The third-order valence-electron chi connectivity index (χ3n) is 2.86. The molecular weight excluding hydrogens is 341 g/mol. The Morgan fingerprint density at radius 1 is 1.35 bits per heavy atom. The van der Waals surface area contributed by atoms with Crippen LogP contribution in [0.3, 0.4) is 0 Å². The van der Waals surface area contributed by atoms with Crippen molar-refractivity contribution in [1.82, 2.24) is 5.32 Å². The molecule has 0 spiro atoms. The fourth-order valence-corrected chi connectivity index (χ4v) is 2.05. The number of hydrogen-bond donors (Lipinski definition) is 2. The lowest BCUT2D eigenvalue weighted by atomic mass is 9.93. The Morgan fingerprint density at radius 2 is 2.05 bits per heavy atom. The van der Waals surface area contributed by atoms with Crippen molar-refractivity contribution in [2.45, 2.75) is 31.7 Å². The third-order valence-corrected chi connectivity index (χ3v) is 3.35. The number of halogens is 4. The van der Waals surface area contributed by atoms with Crippen LogP contribution in [0, 0.1) is 0 Å². The van der Waals surface area contributed by atoms with Crippen molar-refractivity contribution in [2.24, 2.45) is 0 Å². The average molecular weight is 353 g/mol. The first-order valence-electron chi connectivity index (χ1n) is 5.96. The molecule has 1 aliphatic rings. The number of alkyl halides is 3. The van der Waals surface area contributed by atoms with Crippen LogP contribution in [0.15, 0.2) is 22.7 Å². The Morgan fingerprint density at radius 3 is 2.60 bits per heavy atom. The van der Waals surface area contributed by atoms with Crippen LogP contribution in [0.4, 0.5) is 23.7 Å². The van der Waals surface area contributed by atoms with Crippen LogP contribution in [0.1, 0.15) is 19.3 Å². The standard InChI is InChI=1S/C12H12BrF3N2O2/c13-7-4-5-9(10(6-7)20-12(14,15)16)18-11(19)17-8-2-1-3-8/h4-6,8H,1-3H2,(H2,17,18,19). The van der Waals surface area contributed by atoms with E-state index in [4.69, 9.17) is 0 Å². The first-order valence-corrected chi connectivity index (χ1v) is 6.75. The van der Waals surface area contributed by atoms with E-state index in [1.807, 2.05) is 0 Å². The van der Waals surface area contributed by atoms with Crippen molar-refractivity contribution >= 4 is 27.6 Å². The Hall–Kier alpha value is -1.44. The number of carbonyl (C=O) groups is 1. The SMILES string of the molecule is O=C(Nc1ccc(Br)cc1OC(F)(F)F)NC1CCC1. The predicted octanol–water partition coefficient (Wildman–Crippen LogP) is 4.02. The first kappa shape index (κ1) is 15.0.